The van der Waals surface area contributed by atoms with Crippen molar-refractivity contribution in [3.63, 3.8) is 0 Å². The molecule has 8 nitrogen and oxygen atoms in total. The number of rotatable bonds is 7. The van der Waals surface area contributed by atoms with E-state index in [1.165, 1.54) is 19.2 Å². The summed E-state index contributed by atoms with van der Waals surface area (Å²) in [5.41, 5.74) is 0.0223. The van der Waals surface area contributed by atoms with Gasteiger partial charge in [0, 0.05) is 6.07 Å². The summed E-state index contributed by atoms with van der Waals surface area (Å²) in [6, 6.07) is 13.4. The van der Waals surface area contributed by atoms with Crippen LogP contribution in [-0.4, -0.2) is 35.4 Å². The summed E-state index contributed by atoms with van der Waals surface area (Å²) in [7, 11) is 1.27. The molecule has 0 bridgehead atoms. The standard InChI is InChI=1S/C19H17N3O5S/c1-26-19(25)17-14(9-12-28-17)20-18(24)15-7-8-16(23)22(21-15)10-11-27-13-5-3-2-4-6-13/h2-9,12H,10-11H2,1H3,(H,20,24). The number of hydrogen-bond donors (Lipinski definition) is 1. The number of ether oxygens (including phenoxy) is 2. The number of nitrogens with one attached hydrogen (secondary N) is 1. The van der Waals surface area contributed by atoms with E-state index in [0.29, 0.717) is 11.4 Å². The molecule has 0 fully saturated rings. The minimum absolute atomic E-state index is 0.0429. The number of methoxy groups -OCH3 is 1. The molecule has 0 unspecified atom stereocenters. The number of amides is 1. The molecule has 1 N–H and O–H groups in total. The van der Waals surface area contributed by atoms with E-state index >= 15 is 0 Å². The Labute approximate surface area is 164 Å². The second-order valence-electron chi connectivity index (χ2n) is 5.55. The van der Waals surface area contributed by atoms with Gasteiger partial charge in [-0.25, -0.2) is 9.48 Å². The van der Waals surface area contributed by atoms with Crippen LogP contribution in [-0.2, 0) is 11.3 Å². The fraction of sp³-hybridized carbons (Fsp3) is 0.158. The molecule has 9 heteroatoms. The maximum absolute atomic E-state index is 12.5. The van der Waals surface area contributed by atoms with Crippen LogP contribution in [0.3, 0.4) is 0 Å². The molecular formula is C19H17N3O5S. The first-order valence-electron chi connectivity index (χ1n) is 8.31. The van der Waals surface area contributed by atoms with E-state index in [0.717, 1.165) is 16.0 Å². The highest BCUT2D eigenvalue weighted by molar-refractivity contribution is 7.12. The molecule has 3 rings (SSSR count). The van der Waals surface area contributed by atoms with Crippen molar-refractivity contribution in [3.05, 3.63) is 74.8 Å². The van der Waals surface area contributed by atoms with Crippen molar-refractivity contribution in [1.29, 1.82) is 0 Å². The van der Waals surface area contributed by atoms with Crippen molar-refractivity contribution < 1.29 is 19.1 Å². The molecule has 0 aliphatic heterocycles. The summed E-state index contributed by atoms with van der Waals surface area (Å²) in [6.45, 7) is 0.403. The number of esters is 1. The molecule has 144 valence electrons. The maximum atomic E-state index is 12.5. The molecule has 0 saturated carbocycles. The van der Waals surface area contributed by atoms with Gasteiger partial charge in [0.25, 0.3) is 11.5 Å². The zero-order chi connectivity index (χ0) is 19.9. The fourth-order valence-corrected chi connectivity index (χ4v) is 3.11. The molecule has 0 aliphatic rings. The van der Waals surface area contributed by atoms with Gasteiger partial charge in [-0.1, -0.05) is 18.2 Å². The molecule has 0 aliphatic carbocycles. The molecule has 0 saturated heterocycles. The Morgan fingerprint density at radius 1 is 1.14 bits per heavy atom. The van der Waals surface area contributed by atoms with Crippen LogP contribution in [0.4, 0.5) is 5.69 Å². The molecule has 1 amide bonds. The number of thiophene rings is 1. The highest BCUT2D eigenvalue weighted by atomic mass is 32.1. The summed E-state index contributed by atoms with van der Waals surface area (Å²) in [5, 5.41) is 8.35. The van der Waals surface area contributed by atoms with Crippen LogP contribution in [0.15, 0.2) is 58.7 Å². The third-order valence-corrected chi connectivity index (χ3v) is 4.59. The zero-order valence-corrected chi connectivity index (χ0v) is 15.8. The smallest absolute Gasteiger partial charge is 0.350 e. The molecule has 28 heavy (non-hydrogen) atoms. The first-order chi connectivity index (χ1) is 13.6. The van der Waals surface area contributed by atoms with Crippen LogP contribution >= 0.6 is 11.3 Å². The minimum Gasteiger partial charge on any atom is -0.492 e. The average Bonchev–Trinajstić information content (AvgIpc) is 3.17. The van der Waals surface area contributed by atoms with Crippen LogP contribution in [0.2, 0.25) is 0 Å². The number of anilines is 1. The number of benzene rings is 1. The third-order valence-electron chi connectivity index (χ3n) is 3.70. The zero-order valence-electron chi connectivity index (χ0n) is 15.0. The second-order valence-corrected chi connectivity index (χ2v) is 6.47. The van der Waals surface area contributed by atoms with E-state index in [9.17, 15) is 14.4 Å². The molecule has 2 aromatic heterocycles. The lowest BCUT2D eigenvalue weighted by Gasteiger charge is -2.09. The summed E-state index contributed by atoms with van der Waals surface area (Å²) in [6.07, 6.45) is 0. The first kappa shape index (κ1) is 19.3. The van der Waals surface area contributed by atoms with Gasteiger partial charge < -0.3 is 14.8 Å². The van der Waals surface area contributed by atoms with E-state index < -0.39 is 11.9 Å². The van der Waals surface area contributed by atoms with Crippen molar-refractivity contribution in [2.24, 2.45) is 0 Å². The highest BCUT2D eigenvalue weighted by Gasteiger charge is 2.17. The summed E-state index contributed by atoms with van der Waals surface area (Å²) in [5.74, 6) is -0.403. The van der Waals surface area contributed by atoms with Crippen molar-refractivity contribution in [2.45, 2.75) is 6.54 Å². The van der Waals surface area contributed by atoms with Gasteiger partial charge >= 0.3 is 5.97 Å². The van der Waals surface area contributed by atoms with Gasteiger partial charge in [0.1, 0.15) is 22.9 Å². The van der Waals surface area contributed by atoms with E-state index in [1.54, 1.807) is 23.6 Å². The van der Waals surface area contributed by atoms with E-state index in [-0.39, 0.29) is 29.3 Å². The van der Waals surface area contributed by atoms with Gasteiger partial charge in [0.15, 0.2) is 0 Å². The molecule has 3 aromatic rings. The largest absolute Gasteiger partial charge is 0.492 e. The Kier molecular flexibility index (Phi) is 6.18. The summed E-state index contributed by atoms with van der Waals surface area (Å²) >= 11 is 1.15. The lowest BCUT2D eigenvalue weighted by Crippen LogP contribution is -2.28. The van der Waals surface area contributed by atoms with Gasteiger partial charge in [0.2, 0.25) is 0 Å². The van der Waals surface area contributed by atoms with Crippen LogP contribution in [0, 0.1) is 0 Å². The van der Waals surface area contributed by atoms with Gasteiger partial charge in [-0.15, -0.1) is 11.3 Å². The van der Waals surface area contributed by atoms with Gasteiger partial charge in [-0.05, 0) is 29.6 Å². The number of carbonyl (C=O) groups is 2. The average molecular weight is 399 g/mol. The SMILES string of the molecule is COC(=O)c1sccc1NC(=O)c1ccc(=O)n(CCOc2ccccc2)n1. The normalized spacial score (nSPS) is 10.3. The Morgan fingerprint density at radius 2 is 1.93 bits per heavy atom. The lowest BCUT2D eigenvalue weighted by molar-refractivity contribution is 0.0607. The van der Waals surface area contributed by atoms with Crippen molar-refractivity contribution in [2.75, 3.05) is 19.0 Å². The topological polar surface area (TPSA) is 99.5 Å². The number of para-hydroxylation sites is 1. The number of carbonyl (C=O) groups excluding carboxylic acids is 2. The second kappa shape index (κ2) is 8.96. The van der Waals surface area contributed by atoms with Crippen LogP contribution in [0.1, 0.15) is 20.2 Å². The molecule has 0 radical (unpaired) electrons. The van der Waals surface area contributed by atoms with Gasteiger partial charge in [-0.3, -0.25) is 9.59 Å². The molecular weight excluding hydrogens is 382 g/mol. The molecule has 2 heterocycles. The van der Waals surface area contributed by atoms with Crippen molar-refractivity contribution in [3.8, 4) is 5.75 Å². The third kappa shape index (κ3) is 4.63. The van der Waals surface area contributed by atoms with E-state index in [2.05, 4.69) is 15.2 Å². The van der Waals surface area contributed by atoms with Gasteiger partial charge in [0.05, 0.1) is 19.3 Å². The predicted molar refractivity (Wildman–Crippen MR) is 104 cm³/mol. The van der Waals surface area contributed by atoms with Crippen LogP contribution in [0.25, 0.3) is 0 Å². The Bertz CT molecular complexity index is 1030. The first-order valence-corrected chi connectivity index (χ1v) is 9.19. The maximum Gasteiger partial charge on any atom is 0.350 e. The van der Waals surface area contributed by atoms with E-state index in [1.807, 2.05) is 18.2 Å². The predicted octanol–water partition coefficient (Wildman–Crippen LogP) is 2.42. The Hall–Kier alpha value is -3.46. The van der Waals surface area contributed by atoms with Gasteiger partial charge in [-0.2, -0.15) is 5.10 Å². The molecule has 1 aromatic carbocycles. The Balaban J connectivity index is 1.68. The Morgan fingerprint density at radius 3 is 2.68 bits per heavy atom. The van der Waals surface area contributed by atoms with Crippen molar-refractivity contribution >= 4 is 28.9 Å². The number of aromatic nitrogens is 2. The molecule has 0 atom stereocenters. The number of nitrogens with zero attached hydrogens (tertiary/aromatic N) is 2. The quantitative estimate of drug-likeness (QED) is 0.613. The van der Waals surface area contributed by atoms with Crippen LogP contribution in [0.5, 0.6) is 5.75 Å². The summed E-state index contributed by atoms with van der Waals surface area (Å²) < 4.78 is 11.4. The molecule has 0 spiro atoms. The highest BCUT2D eigenvalue weighted by Crippen LogP contribution is 2.23. The van der Waals surface area contributed by atoms with Crippen molar-refractivity contribution in [1.82, 2.24) is 9.78 Å². The van der Waals surface area contributed by atoms with Crippen LogP contribution < -0.4 is 15.6 Å². The van der Waals surface area contributed by atoms with E-state index in [4.69, 9.17) is 4.74 Å². The summed E-state index contributed by atoms with van der Waals surface area (Å²) in [4.78, 5) is 36.4. The fourth-order valence-electron chi connectivity index (χ4n) is 2.34. The monoisotopic (exact) mass is 399 g/mol. The lowest BCUT2D eigenvalue weighted by atomic mass is 10.3. The number of hydrogen-bond acceptors (Lipinski definition) is 7. The minimum atomic E-state index is -0.540.